The average molecular weight is 198 g/mol. The summed E-state index contributed by atoms with van der Waals surface area (Å²) in [5.74, 6) is 0. The van der Waals surface area contributed by atoms with E-state index in [1.54, 1.807) is 0 Å². The maximum absolute atomic E-state index is 8.63. The molecule has 0 rings (SSSR count). The van der Waals surface area contributed by atoms with Crippen molar-refractivity contribution in [1.29, 1.82) is 5.26 Å². The average Bonchev–Trinajstić information content (AvgIpc) is 2.16. The largest absolute Gasteiger partial charge is 0.396 e. The number of hydrogen-bond donors (Lipinski definition) is 1. The van der Waals surface area contributed by atoms with Crippen molar-refractivity contribution in [2.24, 2.45) is 0 Å². The van der Waals surface area contributed by atoms with Crippen molar-refractivity contribution < 1.29 is 5.11 Å². The molecule has 0 bridgehead atoms. The Morgan fingerprint density at radius 2 is 1.93 bits per heavy atom. The summed E-state index contributed by atoms with van der Waals surface area (Å²) in [5.41, 5.74) is 0. The van der Waals surface area contributed by atoms with Crippen LogP contribution in [0.1, 0.15) is 39.5 Å². The quantitative estimate of drug-likeness (QED) is 0.605. The topological polar surface area (TPSA) is 47.3 Å². The lowest BCUT2D eigenvalue weighted by molar-refractivity contribution is 0.216. The first-order chi connectivity index (χ1) is 6.72. The van der Waals surface area contributed by atoms with Crippen LogP contribution in [0.15, 0.2) is 0 Å². The van der Waals surface area contributed by atoms with E-state index >= 15 is 0 Å². The number of nitriles is 1. The van der Waals surface area contributed by atoms with Crippen LogP contribution in [0.25, 0.3) is 0 Å². The van der Waals surface area contributed by atoms with E-state index in [4.69, 9.17) is 10.4 Å². The molecular formula is C11H22N2O. The zero-order valence-corrected chi connectivity index (χ0v) is 9.37. The van der Waals surface area contributed by atoms with Crippen LogP contribution in [0.5, 0.6) is 0 Å². The van der Waals surface area contributed by atoms with Crippen molar-refractivity contribution in [2.45, 2.75) is 45.6 Å². The van der Waals surface area contributed by atoms with Crippen LogP contribution < -0.4 is 0 Å². The van der Waals surface area contributed by atoms with Gasteiger partial charge in [0, 0.05) is 25.6 Å². The van der Waals surface area contributed by atoms with Crippen LogP contribution in [0, 0.1) is 11.3 Å². The molecule has 0 fully saturated rings. The zero-order chi connectivity index (χ0) is 10.8. The Hall–Kier alpha value is -0.590. The van der Waals surface area contributed by atoms with E-state index in [1.165, 1.54) is 0 Å². The lowest BCUT2D eigenvalue weighted by Crippen LogP contribution is -2.32. The zero-order valence-electron chi connectivity index (χ0n) is 9.37. The second kappa shape index (κ2) is 8.98. The molecule has 0 aromatic rings. The Balaban J connectivity index is 3.58. The predicted molar refractivity (Wildman–Crippen MR) is 57.9 cm³/mol. The van der Waals surface area contributed by atoms with Crippen molar-refractivity contribution in [3.8, 4) is 6.07 Å². The highest BCUT2D eigenvalue weighted by atomic mass is 16.2. The molecule has 0 saturated carbocycles. The third-order valence-corrected chi connectivity index (χ3v) is 2.34. The molecule has 0 aromatic heterocycles. The summed E-state index contributed by atoms with van der Waals surface area (Å²) in [6, 6.07) is 2.68. The SMILES string of the molecule is CC(C)N(CCC#N)CCCCCO. The maximum atomic E-state index is 8.63. The number of aliphatic hydroxyl groups is 1. The van der Waals surface area contributed by atoms with Gasteiger partial charge in [-0.3, -0.25) is 4.90 Å². The number of hydrogen-bond acceptors (Lipinski definition) is 3. The first kappa shape index (κ1) is 13.4. The fraction of sp³-hybridized carbons (Fsp3) is 0.909. The molecule has 14 heavy (non-hydrogen) atoms. The van der Waals surface area contributed by atoms with E-state index in [1.807, 2.05) is 0 Å². The lowest BCUT2D eigenvalue weighted by atomic mass is 10.2. The second-order valence-corrected chi connectivity index (χ2v) is 3.82. The maximum Gasteiger partial charge on any atom is 0.0635 e. The van der Waals surface area contributed by atoms with Crippen molar-refractivity contribution in [3.63, 3.8) is 0 Å². The van der Waals surface area contributed by atoms with Crippen LogP contribution in [-0.4, -0.2) is 35.7 Å². The molecule has 0 atom stereocenters. The molecule has 82 valence electrons. The van der Waals surface area contributed by atoms with Gasteiger partial charge >= 0.3 is 0 Å². The minimum Gasteiger partial charge on any atom is -0.396 e. The van der Waals surface area contributed by atoms with Gasteiger partial charge in [0.2, 0.25) is 0 Å². The molecule has 0 heterocycles. The van der Waals surface area contributed by atoms with Crippen molar-refractivity contribution >= 4 is 0 Å². The molecule has 3 nitrogen and oxygen atoms in total. The second-order valence-electron chi connectivity index (χ2n) is 3.82. The van der Waals surface area contributed by atoms with Crippen LogP contribution >= 0.6 is 0 Å². The van der Waals surface area contributed by atoms with E-state index in [0.29, 0.717) is 19.1 Å². The Kier molecular flexibility index (Phi) is 8.61. The smallest absolute Gasteiger partial charge is 0.0635 e. The van der Waals surface area contributed by atoms with E-state index in [9.17, 15) is 0 Å². The minimum atomic E-state index is 0.292. The molecule has 0 aliphatic rings. The highest BCUT2D eigenvalue weighted by Crippen LogP contribution is 2.03. The fourth-order valence-electron chi connectivity index (χ4n) is 1.43. The number of aliphatic hydroxyl groups excluding tert-OH is 1. The van der Waals surface area contributed by atoms with Gasteiger partial charge in [0.1, 0.15) is 0 Å². The van der Waals surface area contributed by atoms with Gasteiger partial charge in [-0.1, -0.05) is 0 Å². The van der Waals surface area contributed by atoms with E-state index in [-0.39, 0.29) is 0 Å². The van der Waals surface area contributed by atoms with Crippen molar-refractivity contribution in [3.05, 3.63) is 0 Å². The van der Waals surface area contributed by atoms with Gasteiger partial charge in [-0.15, -0.1) is 0 Å². The predicted octanol–water partition coefficient (Wildman–Crippen LogP) is 1.77. The molecule has 3 heteroatoms. The Morgan fingerprint density at radius 1 is 1.21 bits per heavy atom. The third-order valence-electron chi connectivity index (χ3n) is 2.34. The van der Waals surface area contributed by atoms with Gasteiger partial charge in [0.15, 0.2) is 0 Å². The molecule has 0 spiro atoms. The highest BCUT2D eigenvalue weighted by Gasteiger charge is 2.07. The van der Waals surface area contributed by atoms with Gasteiger partial charge < -0.3 is 5.11 Å². The first-order valence-electron chi connectivity index (χ1n) is 5.44. The van der Waals surface area contributed by atoms with Gasteiger partial charge in [0.05, 0.1) is 6.07 Å². The molecule has 0 unspecified atom stereocenters. The summed E-state index contributed by atoms with van der Waals surface area (Å²) >= 11 is 0. The summed E-state index contributed by atoms with van der Waals surface area (Å²) in [6.07, 6.45) is 3.69. The van der Waals surface area contributed by atoms with E-state index in [0.717, 1.165) is 32.4 Å². The standard InChI is InChI=1S/C11H22N2O/c1-11(2)13(9-6-7-12)8-4-3-5-10-14/h11,14H,3-6,8-10H2,1-2H3. The summed E-state index contributed by atoms with van der Waals surface area (Å²) in [7, 11) is 0. The molecule has 1 N–H and O–H groups in total. The molecule has 0 amide bonds. The fourth-order valence-corrected chi connectivity index (χ4v) is 1.43. The van der Waals surface area contributed by atoms with Crippen molar-refractivity contribution in [1.82, 2.24) is 4.90 Å². The summed E-state index contributed by atoms with van der Waals surface area (Å²) in [6.45, 7) is 6.51. The van der Waals surface area contributed by atoms with Gasteiger partial charge in [-0.05, 0) is 39.7 Å². The van der Waals surface area contributed by atoms with Gasteiger partial charge in [-0.2, -0.15) is 5.26 Å². The van der Waals surface area contributed by atoms with Crippen LogP contribution in [-0.2, 0) is 0 Å². The molecule has 0 saturated heterocycles. The first-order valence-corrected chi connectivity index (χ1v) is 5.44. The van der Waals surface area contributed by atoms with E-state index < -0.39 is 0 Å². The lowest BCUT2D eigenvalue weighted by Gasteiger charge is -2.25. The highest BCUT2D eigenvalue weighted by molar-refractivity contribution is 4.73. The van der Waals surface area contributed by atoms with E-state index in [2.05, 4.69) is 24.8 Å². The number of rotatable bonds is 8. The number of nitrogens with zero attached hydrogens (tertiary/aromatic N) is 2. The Morgan fingerprint density at radius 3 is 2.43 bits per heavy atom. The van der Waals surface area contributed by atoms with Crippen LogP contribution in [0.3, 0.4) is 0 Å². The normalized spacial score (nSPS) is 10.9. The summed E-state index contributed by atoms with van der Waals surface area (Å²) in [5, 5.41) is 17.1. The number of unbranched alkanes of at least 4 members (excludes halogenated alkanes) is 2. The third kappa shape index (κ3) is 6.88. The van der Waals surface area contributed by atoms with Gasteiger partial charge in [-0.25, -0.2) is 0 Å². The molecular weight excluding hydrogens is 176 g/mol. The summed E-state index contributed by atoms with van der Waals surface area (Å²) in [4.78, 5) is 2.32. The van der Waals surface area contributed by atoms with Crippen molar-refractivity contribution in [2.75, 3.05) is 19.7 Å². The Bertz CT molecular complexity index is 163. The summed E-state index contributed by atoms with van der Waals surface area (Å²) < 4.78 is 0. The molecule has 0 radical (unpaired) electrons. The monoisotopic (exact) mass is 198 g/mol. The van der Waals surface area contributed by atoms with Gasteiger partial charge in [0.25, 0.3) is 0 Å². The molecule has 0 aromatic carbocycles. The van der Waals surface area contributed by atoms with Crippen LogP contribution in [0.4, 0.5) is 0 Å². The molecule has 0 aliphatic carbocycles. The molecule has 0 aliphatic heterocycles. The minimum absolute atomic E-state index is 0.292. The Labute approximate surface area is 87.3 Å². The van der Waals surface area contributed by atoms with Crippen LogP contribution in [0.2, 0.25) is 0 Å².